The van der Waals surface area contributed by atoms with Crippen LogP contribution in [-0.2, 0) is 4.79 Å². The number of aromatic hydroxyl groups is 1. The van der Waals surface area contributed by atoms with Crippen LogP contribution in [0, 0.1) is 0 Å². The number of anilines is 1. The van der Waals surface area contributed by atoms with Gasteiger partial charge in [-0.25, -0.2) is 0 Å². The number of benzene rings is 1. The summed E-state index contributed by atoms with van der Waals surface area (Å²) in [5.74, 6) is 0.264. The summed E-state index contributed by atoms with van der Waals surface area (Å²) in [7, 11) is 1.74. The van der Waals surface area contributed by atoms with Crippen LogP contribution in [0.15, 0.2) is 24.3 Å². The zero-order valence-corrected chi connectivity index (χ0v) is 10.6. The molecule has 0 saturated carbocycles. The molecule has 0 aliphatic rings. The van der Waals surface area contributed by atoms with E-state index in [-0.39, 0.29) is 17.7 Å². The van der Waals surface area contributed by atoms with Gasteiger partial charge in [-0.3, -0.25) is 4.79 Å². The summed E-state index contributed by atoms with van der Waals surface area (Å²) in [4.78, 5) is 13.5. The van der Waals surface area contributed by atoms with E-state index in [1.165, 1.54) is 0 Å². The van der Waals surface area contributed by atoms with Crippen LogP contribution < -0.4 is 10.2 Å². The Morgan fingerprint density at radius 1 is 1.41 bits per heavy atom. The second kappa shape index (κ2) is 6.25. The molecule has 2 N–H and O–H groups in total. The largest absolute Gasteiger partial charge is 0.508 e. The summed E-state index contributed by atoms with van der Waals surface area (Å²) in [6, 6.07) is 6.78. The maximum atomic E-state index is 11.9. The van der Waals surface area contributed by atoms with E-state index in [1.807, 2.05) is 13.8 Å². The molecule has 0 spiro atoms. The second-order valence-electron chi connectivity index (χ2n) is 4.13. The number of phenols is 1. The molecule has 0 bridgehead atoms. The van der Waals surface area contributed by atoms with Gasteiger partial charge in [-0.1, -0.05) is 6.92 Å². The van der Waals surface area contributed by atoms with Crippen molar-refractivity contribution in [1.29, 1.82) is 0 Å². The molecule has 1 amide bonds. The molecule has 0 fully saturated rings. The first-order valence-electron chi connectivity index (χ1n) is 5.83. The Hall–Kier alpha value is -1.55. The van der Waals surface area contributed by atoms with Crippen LogP contribution in [-0.4, -0.2) is 30.6 Å². The summed E-state index contributed by atoms with van der Waals surface area (Å²) in [6.07, 6.45) is 0.464. The Balaban J connectivity index is 2.60. The van der Waals surface area contributed by atoms with Crippen molar-refractivity contribution in [3.63, 3.8) is 0 Å². The van der Waals surface area contributed by atoms with Crippen LogP contribution in [0.4, 0.5) is 5.69 Å². The molecule has 4 heteroatoms. The topological polar surface area (TPSA) is 52.6 Å². The lowest BCUT2D eigenvalue weighted by Crippen LogP contribution is -2.34. The highest BCUT2D eigenvalue weighted by Crippen LogP contribution is 2.17. The zero-order chi connectivity index (χ0) is 12.8. The van der Waals surface area contributed by atoms with Gasteiger partial charge in [0, 0.05) is 25.2 Å². The highest BCUT2D eigenvalue weighted by molar-refractivity contribution is 5.93. The lowest BCUT2D eigenvalue weighted by atomic mass is 10.2. The fourth-order valence-electron chi connectivity index (χ4n) is 1.64. The van der Waals surface area contributed by atoms with Crippen LogP contribution in [0.5, 0.6) is 5.75 Å². The van der Waals surface area contributed by atoms with Crippen molar-refractivity contribution in [2.75, 3.05) is 18.5 Å². The van der Waals surface area contributed by atoms with Crippen LogP contribution in [0.2, 0.25) is 0 Å². The normalized spacial score (nSPS) is 12.2. The molecule has 1 rings (SSSR count). The van der Waals surface area contributed by atoms with Crippen molar-refractivity contribution in [3.8, 4) is 5.75 Å². The molecule has 17 heavy (non-hydrogen) atoms. The van der Waals surface area contributed by atoms with E-state index in [4.69, 9.17) is 0 Å². The number of rotatable bonds is 5. The van der Waals surface area contributed by atoms with E-state index >= 15 is 0 Å². The van der Waals surface area contributed by atoms with Crippen molar-refractivity contribution in [3.05, 3.63) is 24.3 Å². The van der Waals surface area contributed by atoms with E-state index in [0.717, 1.165) is 12.2 Å². The van der Waals surface area contributed by atoms with Gasteiger partial charge in [-0.2, -0.15) is 0 Å². The van der Waals surface area contributed by atoms with Crippen LogP contribution in [0.1, 0.15) is 20.3 Å². The average molecular weight is 236 g/mol. The molecule has 94 valence electrons. The molecular weight excluding hydrogens is 216 g/mol. The smallest absolute Gasteiger partial charge is 0.228 e. The first-order chi connectivity index (χ1) is 8.04. The second-order valence-corrected chi connectivity index (χ2v) is 4.13. The monoisotopic (exact) mass is 236 g/mol. The minimum absolute atomic E-state index is 0.0594. The van der Waals surface area contributed by atoms with Crippen LogP contribution in [0.25, 0.3) is 0 Å². The maximum Gasteiger partial charge on any atom is 0.228 e. The minimum Gasteiger partial charge on any atom is -0.508 e. The number of carbonyl (C=O) groups excluding carboxylic acids is 1. The third-order valence-electron chi connectivity index (χ3n) is 2.64. The summed E-state index contributed by atoms with van der Waals surface area (Å²) in [5, 5.41) is 12.4. The van der Waals surface area contributed by atoms with Gasteiger partial charge in [-0.05, 0) is 37.7 Å². The van der Waals surface area contributed by atoms with Gasteiger partial charge in [0.15, 0.2) is 0 Å². The van der Waals surface area contributed by atoms with Crippen molar-refractivity contribution in [1.82, 2.24) is 5.32 Å². The van der Waals surface area contributed by atoms with Crippen molar-refractivity contribution in [2.24, 2.45) is 0 Å². The molecule has 0 saturated heterocycles. The van der Waals surface area contributed by atoms with E-state index in [9.17, 15) is 9.90 Å². The standard InChI is InChI=1S/C13H20N2O2/c1-4-14-10(2)9-13(17)15(3)11-5-7-12(16)8-6-11/h5-8,10,14,16H,4,9H2,1-3H3. The molecule has 0 radical (unpaired) electrons. The zero-order valence-electron chi connectivity index (χ0n) is 10.6. The summed E-state index contributed by atoms with van der Waals surface area (Å²) < 4.78 is 0. The van der Waals surface area contributed by atoms with E-state index in [1.54, 1.807) is 36.2 Å². The Morgan fingerprint density at radius 2 is 2.00 bits per heavy atom. The van der Waals surface area contributed by atoms with Gasteiger partial charge in [0.2, 0.25) is 5.91 Å². The van der Waals surface area contributed by atoms with Crippen LogP contribution in [0.3, 0.4) is 0 Å². The number of phenolic OH excluding ortho intramolecular Hbond substituents is 1. The molecule has 0 heterocycles. The fourth-order valence-corrected chi connectivity index (χ4v) is 1.64. The van der Waals surface area contributed by atoms with Crippen molar-refractivity contribution >= 4 is 11.6 Å². The lowest BCUT2D eigenvalue weighted by Gasteiger charge is -2.20. The molecule has 0 aliphatic carbocycles. The van der Waals surface area contributed by atoms with Crippen molar-refractivity contribution < 1.29 is 9.90 Å². The number of hydrogen-bond acceptors (Lipinski definition) is 3. The Kier molecular flexibility index (Phi) is 4.97. The average Bonchev–Trinajstić information content (AvgIpc) is 2.29. The number of amides is 1. The third-order valence-corrected chi connectivity index (χ3v) is 2.64. The molecule has 1 aromatic carbocycles. The van der Waals surface area contributed by atoms with E-state index in [0.29, 0.717) is 6.42 Å². The molecule has 0 aromatic heterocycles. The fraction of sp³-hybridized carbons (Fsp3) is 0.462. The molecule has 1 aromatic rings. The van der Waals surface area contributed by atoms with Gasteiger partial charge in [-0.15, -0.1) is 0 Å². The van der Waals surface area contributed by atoms with Crippen LogP contribution >= 0.6 is 0 Å². The predicted molar refractivity (Wildman–Crippen MR) is 69.3 cm³/mol. The van der Waals surface area contributed by atoms with Gasteiger partial charge < -0.3 is 15.3 Å². The van der Waals surface area contributed by atoms with Gasteiger partial charge in [0.05, 0.1) is 0 Å². The number of nitrogens with one attached hydrogen (secondary N) is 1. The number of nitrogens with zero attached hydrogens (tertiary/aromatic N) is 1. The molecule has 1 unspecified atom stereocenters. The Labute approximate surface area is 102 Å². The van der Waals surface area contributed by atoms with Gasteiger partial charge >= 0.3 is 0 Å². The summed E-state index contributed by atoms with van der Waals surface area (Å²) in [6.45, 7) is 4.87. The van der Waals surface area contributed by atoms with Crippen molar-refractivity contribution in [2.45, 2.75) is 26.3 Å². The first-order valence-corrected chi connectivity index (χ1v) is 5.83. The number of hydrogen-bond donors (Lipinski definition) is 2. The summed E-state index contributed by atoms with van der Waals surface area (Å²) in [5.41, 5.74) is 0.788. The Morgan fingerprint density at radius 3 is 2.53 bits per heavy atom. The minimum atomic E-state index is 0.0594. The molecule has 4 nitrogen and oxygen atoms in total. The quantitative estimate of drug-likeness (QED) is 0.819. The lowest BCUT2D eigenvalue weighted by molar-refractivity contribution is -0.118. The van der Waals surface area contributed by atoms with E-state index < -0.39 is 0 Å². The summed E-state index contributed by atoms with van der Waals surface area (Å²) >= 11 is 0. The highest BCUT2D eigenvalue weighted by atomic mass is 16.3. The predicted octanol–water partition coefficient (Wildman–Crippen LogP) is 1.74. The van der Waals surface area contributed by atoms with E-state index in [2.05, 4.69) is 5.32 Å². The van der Waals surface area contributed by atoms with Gasteiger partial charge in [0.25, 0.3) is 0 Å². The van der Waals surface area contributed by atoms with Gasteiger partial charge in [0.1, 0.15) is 5.75 Å². The third kappa shape index (κ3) is 4.07. The highest BCUT2D eigenvalue weighted by Gasteiger charge is 2.13. The first kappa shape index (κ1) is 13.5. The number of carbonyl (C=O) groups is 1. The molecular formula is C13H20N2O2. The molecule has 0 aliphatic heterocycles. The maximum absolute atomic E-state index is 11.9. The SMILES string of the molecule is CCNC(C)CC(=O)N(C)c1ccc(O)cc1. The molecule has 1 atom stereocenters. The Bertz CT molecular complexity index is 362.